The van der Waals surface area contributed by atoms with Crippen LogP contribution < -0.4 is 5.32 Å². The van der Waals surface area contributed by atoms with Crippen LogP contribution in [0.15, 0.2) is 0 Å². The number of rotatable bonds is 3. The Kier molecular flexibility index (Phi) is 3.65. The van der Waals surface area contributed by atoms with Crippen LogP contribution >= 0.6 is 0 Å². The van der Waals surface area contributed by atoms with Crippen molar-refractivity contribution in [3.63, 3.8) is 0 Å². The number of morpholine rings is 1. The molecule has 0 aromatic rings. The van der Waals surface area contributed by atoms with Crippen LogP contribution in [0.1, 0.15) is 33.1 Å². The van der Waals surface area contributed by atoms with E-state index in [4.69, 9.17) is 4.74 Å². The summed E-state index contributed by atoms with van der Waals surface area (Å²) in [7, 11) is 0. The minimum Gasteiger partial charge on any atom is -0.379 e. The lowest BCUT2D eigenvalue weighted by molar-refractivity contribution is 0.0658. The number of nitrogens with zero attached hydrogens (tertiary/aromatic N) is 1. The molecular formula is C12H24N2O. The van der Waals surface area contributed by atoms with Crippen LogP contribution in [0.3, 0.4) is 0 Å². The van der Waals surface area contributed by atoms with E-state index in [1.54, 1.807) is 0 Å². The summed E-state index contributed by atoms with van der Waals surface area (Å²) >= 11 is 0. The molecule has 1 atom stereocenters. The molecule has 2 heterocycles. The zero-order chi connectivity index (χ0) is 10.7. The van der Waals surface area contributed by atoms with Crippen LogP contribution in [0.5, 0.6) is 0 Å². The molecule has 15 heavy (non-hydrogen) atoms. The van der Waals surface area contributed by atoms with Gasteiger partial charge in [0.25, 0.3) is 0 Å². The molecule has 3 heteroatoms. The van der Waals surface area contributed by atoms with Crippen molar-refractivity contribution in [3.05, 3.63) is 0 Å². The molecule has 1 unspecified atom stereocenters. The van der Waals surface area contributed by atoms with Crippen molar-refractivity contribution >= 4 is 0 Å². The topological polar surface area (TPSA) is 24.5 Å². The van der Waals surface area contributed by atoms with Crippen molar-refractivity contribution in [2.75, 3.05) is 32.8 Å². The minimum absolute atomic E-state index is 0.426. The summed E-state index contributed by atoms with van der Waals surface area (Å²) in [6.07, 6.45) is 3.94. The molecule has 0 saturated carbocycles. The first kappa shape index (κ1) is 11.4. The van der Waals surface area contributed by atoms with E-state index in [-0.39, 0.29) is 0 Å². The number of hydrogen-bond acceptors (Lipinski definition) is 3. The molecule has 0 aromatic heterocycles. The van der Waals surface area contributed by atoms with E-state index in [9.17, 15) is 0 Å². The highest BCUT2D eigenvalue weighted by Crippen LogP contribution is 2.28. The number of hydrogen-bond donors (Lipinski definition) is 1. The second-order valence-electron chi connectivity index (χ2n) is 5.42. The third-order valence-electron chi connectivity index (χ3n) is 3.82. The van der Waals surface area contributed by atoms with Gasteiger partial charge in [-0.05, 0) is 39.7 Å². The first-order chi connectivity index (χ1) is 7.18. The predicted octanol–water partition coefficient (Wildman–Crippen LogP) is 1.24. The molecule has 0 aromatic carbocycles. The molecule has 88 valence electrons. The summed E-state index contributed by atoms with van der Waals surface area (Å²) in [6.45, 7) is 10.0. The fourth-order valence-corrected chi connectivity index (χ4v) is 2.69. The first-order valence-corrected chi connectivity index (χ1v) is 6.25. The molecule has 3 nitrogen and oxygen atoms in total. The van der Waals surface area contributed by atoms with Gasteiger partial charge in [0, 0.05) is 24.7 Å². The molecule has 2 saturated heterocycles. The predicted molar refractivity (Wildman–Crippen MR) is 62.1 cm³/mol. The molecule has 2 aliphatic rings. The lowest BCUT2D eigenvalue weighted by Crippen LogP contribution is -2.45. The van der Waals surface area contributed by atoms with Gasteiger partial charge < -0.3 is 10.1 Å². The third-order valence-corrected chi connectivity index (χ3v) is 3.82. The molecule has 0 radical (unpaired) electrons. The van der Waals surface area contributed by atoms with Crippen LogP contribution in [0.2, 0.25) is 0 Å². The molecule has 0 spiro atoms. The summed E-state index contributed by atoms with van der Waals surface area (Å²) < 4.78 is 5.47. The SMILES string of the molecule is CC1(C)CCCN1CCC1COCCN1. The highest BCUT2D eigenvalue weighted by atomic mass is 16.5. The van der Waals surface area contributed by atoms with Crippen molar-refractivity contribution in [2.24, 2.45) is 0 Å². The highest BCUT2D eigenvalue weighted by Gasteiger charge is 2.31. The largest absolute Gasteiger partial charge is 0.379 e. The van der Waals surface area contributed by atoms with Gasteiger partial charge in [0.05, 0.1) is 13.2 Å². The van der Waals surface area contributed by atoms with Crippen molar-refractivity contribution in [3.8, 4) is 0 Å². The molecule has 2 fully saturated rings. The molecule has 0 bridgehead atoms. The summed E-state index contributed by atoms with van der Waals surface area (Å²) in [4.78, 5) is 2.63. The Hall–Kier alpha value is -0.120. The van der Waals surface area contributed by atoms with Gasteiger partial charge in [-0.3, -0.25) is 4.90 Å². The molecular weight excluding hydrogens is 188 g/mol. The fourth-order valence-electron chi connectivity index (χ4n) is 2.69. The number of likely N-dealkylation sites (tertiary alicyclic amines) is 1. The quantitative estimate of drug-likeness (QED) is 0.762. The van der Waals surface area contributed by atoms with E-state index >= 15 is 0 Å². The highest BCUT2D eigenvalue weighted by molar-refractivity contribution is 4.88. The van der Waals surface area contributed by atoms with Crippen LogP contribution in [0, 0.1) is 0 Å². The van der Waals surface area contributed by atoms with Crippen molar-refractivity contribution < 1.29 is 4.74 Å². The van der Waals surface area contributed by atoms with Gasteiger partial charge in [0.1, 0.15) is 0 Å². The van der Waals surface area contributed by atoms with Gasteiger partial charge in [-0.2, -0.15) is 0 Å². The summed E-state index contributed by atoms with van der Waals surface area (Å²) in [5.41, 5.74) is 0.426. The van der Waals surface area contributed by atoms with Gasteiger partial charge in [0.2, 0.25) is 0 Å². The Morgan fingerprint density at radius 2 is 2.33 bits per heavy atom. The summed E-state index contributed by atoms with van der Waals surface area (Å²) in [5, 5.41) is 3.52. The average molecular weight is 212 g/mol. The van der Waals surface area contributed by atoms with Gasteiger partial charge in [-0.15, -0.1) is 0 Å². The Labute approximate surface area is 93.2 Å². The van der Waals surface area contributed by atoms with Gasteiger partial charge in [-0.1, -0.05) is 0 Å². The zero-order valence-electron chi connectivity index (χ0n) is 10.1. The van der Waals surface area contributed by atoms with Crippen LogP contribution in [0.25, 0.3) is 0 Å². The van der Waals surface area contributed by atoms with E-state index in [0.29, 0.717) is 11.6 Å². The van der Waals surface area contributed by atoms with E-state index in [0.717, 1.165) is 19.8 Å². The smallest absolute Gasteiger partial charge is 0.0620 e. The maximum atomic E-state index is 5.47. The van der Waals surface area contributed by atoms with E-state index < -0.39 is 0 Å². The Bertz CT molecular complexity index is 200. The lowest BCUT2D eigenvalue weighted by atomic mass is 10.0. The van der Waals surface area contributed by atoms with Crippen LogP contribution in [0.4, 0.5) is 0 Å². The maximum absolute atomic E-state index is 5.47. The fraction of sp³-hybridized carbons (Fsp3) is 1.00. The standard InChI is InChI=1S/C12H24N2O/c1-12(2)5-3-7-14(12)8-4-11-10-15-9-6-13-11/h11,13H,3-10H2,1-2H3. The first-order valence-electron chi connectivity index (χ1n) is 6.25. The van der Waals surface area contributed by atoms with Crippen LogP contribution in [-0.4, -0.2) is 49.3 Å². The van der Waals surface area contributed by atoms with Gasteiger partial charge in [-0.25, -0.2) is 0 Å². The lowest BCUT2D eigenvalue weighted by Gasteiger charge is -2.33. The third kappa shape index (κ3) is 2.92. The van der Waals surface area contributed by atoms with Crippen molar-refractivity contribution in [1.29, 1.82) is 0 Å². The Balaban J connectivity index is 1.72. The number of ether oxygens (including phenoxy) is 1. The van der Waals surface area contributed by atoms with Crippen molar-refractivity contribution in [2.45, 2.75) is 44.7 Å². The van der Waals surface area contributed by atoms with E-state index in [2.05, 4.69) is 24.1 Å². The molecule has 0 amide bonds. The van der Waals surface area contributed by atoms with Crippen molar-refractivity contribution in [1.82, 2.24) is 10.2 Å². The molecule has 1 N–H and O–H groups in total. The molecule has 2 rings (SSSR count). The van der Waals surface area contributed by atoms with E-state index in [1.165, 1.54) is 32.4 Å². The maximum Gasteiger partial charge on any atom is 0.0620 e. The summed E-state index contributed by atoms with van der Waals surface area (Å²) in [5.74, 6) is 0. The van der Waals surface area contributed by atoms with Gasteiger partial charge >= 0.3 is 0 Å². The molecule has 0 aliphatic carbocycles. The Morgan fingerprint density at radius 3 is 2.93 bits per heavy atom. The second-order valence-corrected chi connectivity index (χ2v) is 5.42. The minimum atomic E-state index is 0.426. The number of nitrogens with one attached hydrogen (secondary N) is 1. The van der Waals surface area contributed by atoms with Crippen LogP contribution in [-0.2, 0) is 4.74 Å². The van der Waals surface area contributed by atoms with Gasteiger partial charge in [0.15, 0.2) is 0 Å². The Morgan fingerprint density at radius 1 is 1.47 bits per heavy atom. The molecule has 2 aliphatic heterocycles. The summed E-state index contributed by atoms with van der Waals surface area (Å²) in [6, 6.07) is 0.579. The monoisotopic (exact) mass is 212 g/mol. The normalized spacial score (nSPS) is 32.0. The second kappa shape index (κ2) is 4.81. The average Bonchev–Trinajstić information content (AvgIpc) is 2.56. The zero-order valence-corrected chi connectivity index (χ0v) is 10.1. The van der Waals surface area contributed by atoms with E-state index in [1.807, 2.05) is 0 Å².